The van der Waals surface area contributed by atoms with Crippen molar-refractivity contribution in [1.29, 1.82) is 0 Å². The summed E-state index contributed by atoms with van der Waals surface area (Å²) in [5, 5.41) is 0. The summed E-state index contributed by atoms with van der Waals surface area (Å²) < 4.78 is 2.02. The maximum atomic E-state index is 12.1. The third-order valence-corrected chi connectivity index (χ3v) is 2.79. The molecule has 0 atom stereocenters. The maximum absolute atomic E-state index is 12.1. The van der Waals surface area contributed by atoms with E-state index >= 15 is 0 Å². The van der Waals surface area contributed by atoms with E-state index in [9.17, 15) is 4.79 Å². The summed E-state index contributed by atoms with van der Waals surface area (Å²) in [4.78, 5) is 16.3. The number of hydrogen-bond acceptors (Lipinski definition) is 3. The van der Waals surface area contributed by atoms with E-state index in [2.05, 4.69) is 11.9 Å². The normalized spacial score (nSPS) is 10.5. The molecule has 1 heterocycles. The lowest BCUT2D eigenvalue weighted by atomic mass is 10.1. The fourth-order valence-corrected chi connectivity index (χ4v) is 1.91. The van der Waals surface area contributed by atoms with Gasteiger partial charge in [0.15, 0.2) is 5.78 Å². The van der Waals surface area contributed by atoms with Gasteiger partial charge >= 0.3 is 0 Å². The van der Waals surface area contributed by atoms with E-state index in [1.54, 1.807) is 30.5 Å². The van der Waals surface area contributed by atoms with Crippen LogP contribution in [-0.2, 0) is 13.0 Å². The zero-order valence-electron chi connectivity index (χ0n) is 10.5. The number of rotatable bonds is 5. The van der Waals surface area contributed by atoms with E-state index in [-0.39, 0.29) is 5.78 Å². The second-order valence-electron chi connectivity index (χ2n) is 4.26. The van der Waals surface area contributed by atoms with Gasteiger partial charge in [-0.25, -0.2) is 4.98 Å². The number of anilines is 1. The van der Waals surface area contributed by atoms with Gasteiger partial charge in [0.2, 0.25) is 0 Å². The highest BCUT2D eigenvalue weighted by Crippen LogP contribution is 2.10. The van der Waals surface area contributed by atoms with Gasteiger partial charge in [0, 0.05) is 30.2 Å². The Labute approximate surface area is 106 Å². The SMILES string of the molecule is CCCn1ccnc1CC(=O)c1cccc(N)c1. The third kappa shape index (κ3) is 2.77. The number of Topliss-reactive ketones (excluding diaryl/α,β-unsaturated/α-hetero) is 1. The number of carbonyl (C=O) groups excluding carboxylic acids is 1. The van der Waals surface area contributed by atoms with Crippen LogP contribution in [-0.4, -0.2) is 15.3 Å². The molecule has 0 radical (unpaired) electrons. The minimum Gasteiger partial charge on any atom is -0.399 e. The van der Waals surface area contributed by atoms with Crippen LogP contribution in [0, 0.1) is 0 Å². The number of imidazole rings is 1. The van der Waals surface area contributed by atoms with Gasteiger partial charge in [-0.1, -0.05) is 19.1 Å². The molecule has 2 rings (SSSR count). The van der Waals surface area contributed by atoms with E-state index in [1.807, 2.05) is 10.8 Å². The van der Waals surface area contributed by atoms with Gasteiger partial charge < -0.3 is 10.3 Å². The third-order valence-electron chi connectivity index (χ3n) is 2.79. The molecule has 1 aromatic heterocycles. The minimum absolute atomic E-state index is 0.0471. The average molecular weight is 243 g/mol. The van der Waals surface area contributed by atoms with Gasteiger partial charge in [0.25, 0.3) is 0 Å². The minimum atomic E-state index is 0.0471. The number of ketones is 1. The van der Waals surface area contributed by atoms with Crippen LogP contribution in [0.5, 0.6) is 0 Å². The molecule has 4 nitrogen and oxygen atoms in total. The van der Waals surface area contributed by atoms with Crippen LogP contribution in [0.3, 0.4) is 0 Å². The monoisotopic (exact) mass is 243 g/mol. The predicted molar refractivity (Wildman–Crippen MR) is 71.4 cm³/mol. The molecule has 0 spiro atoms. The van der Waals surface area contributed by atoms with Crippen molar-refractivity contribution in [2.24, 2.45) is 0 Å². The van der Waals surface area contributed by atoms with Crippen molar-refractivity contribution in [1.82, 2.24) is 9.55 Å². The fraction of sp³-hybridized carbons (Fsp3) is 0.286. The Morgan fingerprint density at radius 3 is 3.00 bits per heavy atom. The molecule has 4 heteroatoms. The van der Waals surface area contributed by atoms with Crippen LogP contribution in [0.15, 0.2) is 36.7 Å². The maximum Gasteiger partial charge on any atom is 0.170 e. The standard InChI is InChI=1S/C14H17N3O/c1-2-7-17-8-6-16-14(17)10-13(18)11-4-3-5-12(15)9-11/h3-6,8-9H,2,7,10,15H2,1H3. The Hall–Kier alpha value is -2.10. The molecule has 0 fully saturated rings. The smallest absolute Gasteiger partial charge is 0.170 e. The predicted octanol–water partition coefficient (Wildman–Crippen LogP) is 2.30. The summed E-state index contributed by atoms with van der Waals surface area (Å²) in [6.07, 6.45) is 4.98. The van der Waals surface area contributed by atoms with E-state index in [4.69, 9.17) is 5.73 Å². The number of benzene rings is 1. The molecular formula is C14H17N3O. The molecule has 0 unspecified atom stereocenters. The Kier molecular flexibility index (Phi) is 3.77. The zero-order chi connectivity index (χ0) is 13.0. The van der Waals surface area contributed by atoms with Gasteiger partial charge in [0.05, 0.1) is 6.42 Å². The highest BCUT2D eigenvalue weighted by atomic mass is 16.1. The van der Waals surface area contributed by atoms with Crippen LogP contribution in [0.2, 0.25) is 0 Å². The molecule has 0 aliphatic rings. The van der Waals surface area contributed by atoms with Crippen LogP contribution < -0.4 is 5.73 Å². The molecule has 2 aromatic rings. The number of nitrogens with two attached hydrogens (primary N) is 1. The van der Waals surface area contributed by atoms with Gasteiger partial charge in [-0.2, -0.15) is 0 Å². The molecular weight excluding hydrogens is 226 g/mol. The Balaban J connectivity index is 2.14. The molecule has 0 amide bonds. The first-order chi connectivity index (χ1) is 8.70. The highest BCUT2D eigenvalue weighted by Gasteiger charge is 2.11. The van der Waals surface area contributed by atoms with Crippen LogP contribution >= 0.6 is 0 Å². The zero-order valence-corrected chi connectivity index (χ0v) is 10.5. The highest BCUT2D eigenvalue weighted by molar-refractivity contribution is 5.97. The summed E-state index contributed by atoms with van der Waals surface area (Å²) in [6.45, 7) is 2.99. The summed E-state index contributed by atoms with van der Waals surface area (Å²) >= 11 is 0. The van der Waals surface area contributed by atoms with E-state index in [0.29, 0.717) is 17.7 Å². The second-order valence-corrected chi connectivity index (χ2v) is 4.26. The molecule has 1 aromatic carbocycles. The van der Waals surface area contributed by atoms with Crippen molar-refractivity contribution in [2.75, 3.05) is 5.73 Å². The molecule has 0 bridgehead atoms. The molecule has 0 saturated carbocycles. The lowest BCUT2D eigenvalue weighted by Crippen LogP contribution is -2.10. The summed E-state index contributed by atoms with van der Waals surface area (Å²) in [7, 11) is 0. The molecule has 2 N–H and O–H groups in total. The topological polar surface area (TPSA) is 60.9 Å². The van der Waals surface area contributed by atoms with E-state index in [1.165, 1.54) is 0 Å². The number of aromatic nitrogens is 2. The van der Waals surface area contributed by atoms with Crippen LogP contribution in [0.1, 0.15) is 29.5 Å². The first-order valence-corrected chi connectivity index (χ1v) is 6.09. The van der Waals surface area contributed by atoms with Crippen LogP contribution in [0.25, 0.3) is 0 Å². The fourth-order valence-electron chi connectivity index (χ4n) is 1.91. The number of nitrogens with zero attached hydrogens (tertiary/aromatic N) is 2. The number of aryl methyl sites for hydroxylation is 1. The Morgan fingerprint density at radius 2 is 2.28 bits per heavy atom. The lowest BCUT2D eigenvalue weighted by molar-refractivity contribution is 0.0989. The summed E-state index contributed by atoms with van der Waals surface area (Å²) in [6, 6.07) is 7.05. The second kappa shape index (κ2) is 5.49. The van der Waals surface area contributed by atoms with Crippen molar-refractivity contribution in [3.05, 3.63) is 48.0 Å². The van der Waals surface area contributed by atoms with Crippen molar-refractivity contribution in [2.45, 2.75) is 26.3 Å². The van der Waals surface area contributed by atoms with E-state index in [0.717, 1.165) is 18.8 Å². The molecule has 94 valence electrons. The quantitative estimate of drug-likeness (QED) is 0.647. The Bertz CT molecular complexity index is 545. The Morgan fingerprint density at radius 1 is 1.44 bits per heavy atom. The average Bonchev–Trinajstić information content (AvgIpc) is 2.77. The number of hydrogen-bond donors (Lipinski definition) is 1. The largest absolute Gasteiger partial charge is 0.399 e. The lowest BCUT2D eigenvalue weighted by Gasteiger charge is -2.06. The molecule has 0 saturated heterocycles. The molecule has 18 heavy (non-hydrogen) atoms. The van der Waals surface area contributed by atoms with E-state index < -0.39 is 0 Å². The van der Waals surface area contributed by atoms with Gasteiger partial charge in [-0.3, -0.25) is 4.79 Å². The van der Waals surface area contributed by atoms with Crippen molar-refractivity contribution in [3.63, 3.8) is 0 Å². The number of nitrogen functional groups attached to an aromatic ring is 1. The molecule has 0 aliphatic heterocycles. The van der Waals surface area contributed by atoms with Gasteiger partial charge in [0.1, 0.15) is 5.82 Å². The van der Waals surface area contributed by atoms with Crippen LogP contribution in [0.4, 0.5) is 5.69 Å². The van der Waals surface area contributed by atoms with Gasteiger partial charge in [-0.15, -0.1) is 0 Å². The van der Waals surface area contributed by atoms with Crippen molar-refractivity contribution >= 4 is 11.5 Å². The van der Waals surface area contributed by atoms with Crippen molar-refractivity contribution in [3.8, 4) is 0 Å². The summed E-state index contributed by atoms with van der Waals surface area (Å²) in [5.74, 6) is 0.857. The number of carbonyl (C=O) groups is 1. The first kappa shape index (κ1) is 12.4. The molecule has 0 aliphatic carbocycles. The summed E-state index contributed by atoms with van der Waals surface area (Å²) in [5.41, 5.74) is 6.92. The van der Waals surface area contributed by atoms with Crippen molar-refractivity contribution < 1.29 is 4.79 Å². The van der Waals surface area contributed by atoms with Gasteiger partial charge in [-0.05, 0) is 18.6 Å². The first-order valence-electron chi connectivity index (χ1n) is 6.09.